The van der Waals surface area contributed by atoms with Gasteiger partial charge in [-0.05, 0) is 38.1 Å². The van der Waals surface area contributed by atoms with Crippen LogP contribution in [0.5, 0.6) is 11.5 Å². The van der Waals surface area contributed by atoms with Gasteiger partial charge in [0.15, 0.2) is 5.78 Å². The Bertz CT molecular complexity index is 877. The fraction of sp³-hybridized carbons (Fsp3) is 0.227. The predicted molar refractivity (Wildman–Crippen MR) is 102 cm³/mol. The van der Waals surface area contributed by atoms with Crippen molar-refractivity contribution in [2.75, 3.05) is 14.2 Å². The zero-order chi connectivity index (χ0) is 18.7. The van der Waals surface area contributed by atoms with Gasteiger partial charge in [-0.2, -0.15) is 0 Å². The van der Waals surface area contributed by atoms with Crippen LogP contribution in [0.25, 0.3) is 11.8 Å². The van der Waals surface area contributed by atoms with Gasteiger partial charge in [0.2, 0.25) is 0 Å². The van der Waals surface area contributed by atoms with E-state index in [4.69, 9.17) is 14.2 Å². The molecule has 0 fully saturated rings. The van der Waals surface area contributed by atoms with Crippen LogP contribution in [0.15, 0.2) is 54.6 Å². The fourth-order valence-electron chi connectivity index (χ4n) is 2.90. The number of benzene rings is 2. The number of carbonyl (C=O) groups excluding carboxylic acids is 1. The molecule has 1 heterocycles. The molecule has 0 aromatic heterocycles. The minimum Gasteiger partial charge on any atom is -0.496 e. The molecule has 4 nitrogen and oxygen atoms in total. The van der Waals surface area contributed by atoms with E-state index in [9.17, 15) is 4.79 Å². The molecule has 0 atom stereocenters. The lowest BCUT2D eigenvalue weighted by Crippen LogP contribution is -2.27. The quantitative estimate of drug-likeness (QED) is 0.443. The zero-order valence-electron chi connectivity index (χ0n) is 15.4. The first-order valence-corrected chi connectivity index (χ1v) is 8.40. The maximum absolute atomic E-state index is 12.5. The van der Waals surface area contributed by atoms with Crippen LogP contribution in [0.1, 0.15) is 35.3 Å². The SMILES string of the molecule is COC(=CC(=O)c1ccccc1)c1ccc2c(c1OC)C=CC(C)(C)O2. The van der Waals surface area contributed by atoms with Gasteiger partial charge < -0.3 is 14.2 Å². The molecule has 0 spiro atoms. The Balaban J connectivity index is 2.05. The Morgan fingerprint density at radius 2 is 1.81 bits per heavy atom. The summed E-state index contributed by atoms with van der Waals surface area (Å²) in [4.78, 5) is 12.5. The molecular formula is C22H22O4. The molecule has 26 heavy (non-hydrogen) atoms. The van der Waals surface area contributed by atoms with Crippen LogP contribution in [0.4, 0.5) is 0 Å². The summed E-state index contributed by atoms with van der Waals surface area (Å²) in [6.07, 6.45) is 5.44. The van der Waals surface area contributed by atoms with Gasteiger partial charge in [0.05, 0.1) is 25.3 Å². The highest BCUT2D eigenvalue weighted by Crippen LogP contribution is 2.41. The number of rotatable bonds is 5. The van der Waals surface area contributed by atoms with Gasteiger partial charge in [-0.3, -0.25) is 4.79 Å². The summed E-state index contributed by atoms with van der Waals surface area (Å²) in [6.45, 7) is 3.98. The summed E-state index contributed by atoms with van der Waals surface area (Å²) >= 11 is 0. The van der Waals surface area contributed by atoms with E-state index in [1.807, 2.05) is 56.3 Å². The van der Waals surface area contributed by atoms with Crippen LogP contribution >= 0.6 is 0 Å². The molecule has 0 unspecified atom stereocenters. The van der Waals surface area contributed by atoms with E-state index >= 15 is 0 Å². The smallest absolute Gasteiger partial charge is 0.189 e. The molecule has 0 saturated heterocycles. The van der Waals surface area contributed by atoms with E-state index in [0.717, 1.165) is 11.3 Å². The second-order valence-corrected chi connectivity index (χ2v) is 6.54. The number of ketones is 1. The molecule has 2 aromatic carbocycles. The van der Waals surface area contributed by atoms with Crippen LogP contribution in [-0.4, -0.2) is 25.6 Å². The number of fused-ring (bicyclic) bond motifs is 1. The summed E-state index contributed by atoms with van der Waals surface area (Å²) in [5.41, 5.74) is 1.76. The van der Waals surface area contributed by atoms with E-state index in [2.05, 4.69) is 0 Å². The maximum Gasteiger partial charge on any atom is 0.189 e. The van der Waals surface area contributed by atoms with Crippen molar-refractivity contribution in [2.24, 2.45) is 0 Å². The molecule has 0 aliphatic carbocycles. The van der Waals surface area contributed by atoms with E-state index < -0.39 is 0 Å². The van der Waals surface area contributed by atoms with Crippen LogP contribution < -0.4 is 9.47 Å². The highest BCUT2D eigenvalue weighted by molar-refractivity contribution is 6.08. The van der Waals surface area contributed by atoms with Gasteiger partial charge in [0, 0.05) is 11.6 Å². The second kappa shape index (κ2) is 7.08. The standard InChI is InChI=1S/C22H22O4/c1-22(2)13-12-17-19(26-22)11-10-16(21(17)25-4)20(24-3)14-18(23)15-8-6-5-7-9-15/h5-14H,1-4H3. The Morgan fingerprint density at radius 3 is 2.46 bits per heavy atom. The summed E-state index contributed by atoms with van der Waals surface area (Å²) in [7, 11) is 3.14. The van der Waals surface area contributed by atoms with Gasteiger partial charge >= 0.3 is 0 Å². The lowest BCUT2D eigenvalue weighted by atomic mass is 9.98. The first-order valence-electron chi connectivity index (χ1n) is 8.40. The number of allylic oxidation sites excluding steroid dienone is 1. The number of ether oxygens (including phenoxy) is 3. The summed E-state index contributed by atoms with van der Waals surface area (Å²) in [5, 5.41) is 0. The molecule has 3 rings (SSSR count). The maximum atomic E-state index is 12.5. The van der Waals surface area contributed by atoms with Crippen molar-refractivity contribution < 1.29 is 19.0 Å². The predicted octanol–water partition coefficient (Wildman–Crippen LogP) is 4.75. The van der Waals surface area contributed by atoms with Crippen LogP contribution in [0.2, 0.25) is 0 Å². The zero-order valence-corrected chi connectivity index (χ0v) is 15.4. The lowest BCUT2D eigenvalue weighted by Gasteiger charge is -2.29. The molecule has 134 valence electrons. The van der Waals surface area contributed by atoms with E-state index in [-0.39, 0.29) is 11.4 Å². The highest BCUT2D eigenvalue weighted by atomic mass is 16.5. The lowest BCUT2D eigenvalue weighted by molar-refractivity contribution is 0.104. The van der Waals surface area contributed by atoms with Crippen LogP contribution in [0.3, 0.4) is 0 Å². The van der Waals surface area contributed by atoms with Gasteiger partial charge in [-0.25, -0.2) is 0 Å². The first kappa shape index (κ1) is 17.8. The molecule has 0 saturated carbocycles. The Hall–Kier alpha value is -3.01. The molecule has 1 aliphatic rings. The average Bonchev–Trinajstić information content (AvgIpc) is 2.65. The topological polar surface area (TPSA) is 44.8 Å². The first-order chi connectivity index (χ1) is 12.4. The van der Waals surface area contributed by atoms with Crippen LogP contribution in [-0.2, 0) is 4.74 Å². The van der Waals surface area contributed by atoms with Crippen molar-refractivity contribution in [2.45, 2.75) is 19.4 Å². The molecule has 0 radical (unpaired) electrons. The molecule has 0 amide bonds. The molecular weight excluding hydrogens is 328 g/mol. The minimum absolute atomic E-state index is 0.129. The van der Waals surface area contributed by atoms with Gasteiger partial charge in [-0.15, -0.1) is 0 Å². The summed E-state index contributed by atoms with van der Waals surface area (Å²) in [5.74, 6) is 1.66. The third-order valence-electron chi connectivity index (χ3n) is 4.19. The van der Waals surface area contributed by atoms with Crippen molar-refractivity contribution >= 4 is 17.6 Å². The normalized spacial score (nSPS) is 15.0. The molecule has 0 bridgehead atoms. The van der Waals surface area contributed by atoms with Gasteiger partial charge in [0.1, 0.15) is 22.9 Å². The van der Waals surface area contributed by atoms with Crippen molar-refractivity contribution in [1.29, 1.82) is 0 Å². The second-order valence-electron chi connectivity index (χ2n) is 6.54. The summed E-state index contributed by atoms with van der Waals surface area (Å²) < 4.78 is 17.1. The minimum atomic E-state index is -0.372. The molecule has 2 aromatic rings. The summed E-state index contributed by atoms with van der Waals surface area (Å²) in [6, 6.07) is 12.8. The number of methoxy groups -OCH3 is 2. The van der Waals surface area contributed by atoms with Crippen molar-refractivity contribution in [3.8, 4) is 11.5 Å². The van der Waals surface area contributed by atoms with Crippen molar-refractivity contribution in [3.63, 3.8) is 0 Å². The Labute approximate surface area is 153 Å². The van der Waals surface area contributed by atoms with Crippen molar-refractivity contribution in [3.05, 3.63) is 71.3 Å². The van der Waals surface area contributed by atoms with Crippen LogP contribution in [0, 0.1) is 0 Å². The van der Waals surface area contributed by atoms with E-state index in [1.54, 1.807) is 26.4 Å². The Kier molecular flexibility index (Phi) is 4.85. The van der Waals surface area contributed by atoms with Gasteiger partial charge in [-0.1, -0.05) is 30.3 Å². The number of carbonyl (C=O) groups is 1. The monoisotopic (exact) mass is 350 g/mol. The third kappa shape index (κ3) is 3.49. The third-order valence-corrected chi connectivity index (χ3v) is 4.19. The Morgan fingerprint density at radius 1 is 1.08 bits per heavy atom. The number of hydrogen-bond acceptors (Lipinski definition) is 4. The van der Waals surface area contributed by atoms with Crippen molar-refractivity contribution in [1.82, 2.24) is 0 Å². The largest absolute Gasteiger partial charge is 0.496 e. The number of hydrogen-bond donors (Lipinski definition) is 0. The molecule has 1 aliphatic heterocycles. The van der Waals surface area contributed by atoms with E-state index in [0.29, 0.717) is 22.6 Å². The highest BCUT2D eigenvalue weighted by Gasteiger charge is 2.26. The molecule has 4 heteroatoms. The van der Waals surface area contributed by atoms with Gasteiger partial charge in [0.25, 0.3) is 0 Å². The fourth-order valence-corrected chi connectivity index (χ4v) is 2.90. The van der Waals surface area contributed by atoms with E-state index in [1.165, 1.54) is 6.08 Å². The average molecular weight is 350 g/mol. The molecule has 0 N–H and O–H groups in total.